The van der Waals surface area contributed by atoms with Crippen LogP contribution in [-0.2, 0) is 4.74 Å². The maximum Gasteiger partial charge on any atom is 0.255 e. The molecule has 0 unspecified atom stereocenters. The second-order valence-corrected chi connectivity index (χ2v) is 4.37. The largest absolute Gasteiger partial charge is 0.387 e. The molecule has 4 heteroatoms. The van der Waals surface area contributed by atoms with Gasteiger partial charge in [0.15, 0.2) is 0 Å². The molecule has 100 valence electrons. The van der Waals surface area contributed by atoms with Crippen molar-refractivity contribution < 1.29 is 9.53 Å². The third-order valence-corrected chi connectivity index (χ3v) is 2.86. The summed E-state index contributed by atoms with van der Waals surface area (Å²) in [6.45, 7) is 3.36. The Labute approximate surface area is 109 Å². The zero-order chi connectivity index (χ0) is 13.5. The van der Waals surface area contributed by atoms with E-state index in [1.807, 2.05) is 39.2 Å². The number of anilines is 1. The van der Waals surface area contributed by atoms with Crippen molar-refractivity contribution in [3.8, 4) is 0 Å². The van der Waals surface area contributed by atoms with Crippen LogP contribution in [0.25, 0.3) is 0 Å². The van der Waals surface area contributed by atoms with Gasteiger partial charge in [-0.1, -0.05) is 11.6 Å². The number of carbonyl (C=O) groups is 1. The lowest BCUT2D eigenvalue weighted by Crippen LogP contribution is -2.29. The predicted octanol–water partition coefficient (Wildman–Crippen LogP) is 2.15. The second kappa shape index (κ2) is 7.01. The SMILES string of the molecule is CNc1ccc(C)cc1C(=O)N(C)CCCOC. The van der Waals surface area contributed by atoms with Crippen LogP contribution >= 0.6 is 0 Å². The second-order valence-electron chi connectivity index (χ2n) is 4.37. The van der Waals surface area contributed by atoms with Gasteiger partial charge >= 0.3 is 0 Å². The van der Waals surface area contributed by atoms with Crippen LogP contribution < -0.4 is 5.32 Å². The van der Waals surface area contributed by atoms with Crippen LogP contribution in [0.15, 0.2) is 18.2 Å². The van der Waals surface area contributed by atoms with Crippen molar-refractivity contribution in [1.82, 2.24) is 4.90 Å². The van der Waals surface area contributed by atoms with Crippen LogP contribution in [0, 0.1) is 6.92 Å². The molecule has 0 aromatic heterocycles. The van der Waals surface area contributed by atoms with Crippen molar-refractivity contribution in [3.63, 3.8) is 0 Å². The summed E-state index contributed by atoms with van der Waals surface area (Å²) in [7, 11) is 5.31. The number of methoxy groups -OCH3 is 1. The molecule has 0 saturated carbocycles. The molecule has 0 aliphatic carbocycles. The van der Waals surface area contributed by atoms with Crippen LogP contribution in [-0.4, -0.2) is 45.2 Å². The maximum atomic E-state index is 12.3. The molecule has 0 saturated heterocycles. The van der Waals surface area contributed by atoms with E-state index in [0.717, 1.165) is 23.2 Å². The van der Waals surface area contributed by atoms with E-state index < -0.39 is 0 Å². The molecule has 0 spiro atoms. The molecular weight excluding hydrogens is 228 g/mol. The Morgan fingerprint density at radius 2 is 2.17 bits per heavy atom. The molecule has 1 aromatic carbocycles. The number of hydrogen-bond acceptors (Lipinski definition) is 3. The molecule has 0 radical (unpaired) electrons. The number of nitrogens with one attached hydrogen (secondary N) is 1. The predicted molar refractivity (Wildman–Crippen MR) is 74.2 cm³/mol. The number of carbonyl (C=O) groups excluding carboxylic acids is 1. The Kier molecular flexibility index (Phi) is 5.65. The molecule has 1 amide bonds. The van der Waals surface area contributed by atoms with Crippen molar-refractivity contribution in [1.29, 1.82) is 0 Å². The monoisotopic (exact) mass is 250 g/mol. The topological polar surface area (TPSA) is 41.6 Å². The van der Waals surface area contributed by atoms with E-state index in [1.54, 1.807) is 12.0 Å². The van der Waals surface area contributed by atoms with Gasteiger partial charge in [-0.15, -0.1) is 0 Å². The average molecular weight is 250 g/mol. The summed E-state index contributed by atoms with van der Waals surface area (Å²) in [4.78, 5) is 14.0. The van der Waals surface area contributed by atoms with Crippen LogP contribution in [0.2, 0.25) is 0 Å². The number of aryl methyl sites for hydroxylation is 1. The first-order valence-electron chi connectivity index (χ1n) is 6.13. The molecule has 0 bridgehead atoms. The summed E-state index contributed by atoms with van der Waals surface area (Å²) < 4.78 is 4.99. The zero-order valence-electron chi connectivity index (χ0n) is 11.6. The van der Waals surface area contributed by atoms with Gasteiger partial charge < -0.3 is 15.0 Å². The van der Waals surface area contributed by atoms with Crippen molar-refractivity contribution in [2.45, 2.75) is 13.3 Å². The lowest BCUT2D eigenvalue weighted by Gasteiger charge is -2.19. The minimum atomic E-state index is 0.0409. The molecule has 4 nitrogen and oxygen atoms in total. The Morgan fingerprint density at radius 3 is 2.78 bits per heavy atom. The van der Waals surface area contributed by atoms with Gasteiger partial charge in [0.05, 0.1) is 5.56 Å². The highest BCUT2D eigenvalue weighted by Gasteiger charge is 2.15. The number of nitrogens with zero attached hydrogens (tertiary/aromatic N) is 1. The van der Waals surface area contributed by atoms with E-state index in [2.05, 4.69) is 5.32 Å². The first-order valence-corrected chi connectivity index (χ1v) is 6.13. The van der Waals surface area contributed by atoms with Gasteiger partial charge in [-0.2, -0.15) is 0 Å². The smallest absolute Gasteiger partial charge is 0.255 e. The Bertz CT molecular complexity index is 405. The number of benzene rings is 1. The highest BCUT2D eigenvalue weighted by molar-refractivity contribution is 5.99. The quantitative estimate of drug-likeness (QED) is 0.787. The van der Waals surface area contributed by atoms with Crippen molar-refractivity contribution in [2.24, 2.45) is 0 Å². The van der Waals surface area contributed by atoms with E-state index in [0.29, 0.717) is 13.2 Å². The van der Waals surface area contributed by atoms with Crippen molar-refractivity contribution in [3.05, 3.63) is 29.3 Å². The molecular formula is C14H22N2O2. The fourth-order valence-electron chi connectivity index (χ4n) is 1.81. The molecule has 0 heterocycles. The number of rotatable bonds is 6. The molecule has 1 aromatic rings. The van der Waals surface area contributed by atoms with E-state index in [-0.39, 0.29) is 5.91 Å². The van der Waals surface area contributed by atoms with Crippen LogP contribution in [0.5, 0.6) is 0 Å². The Balaban J connectivity index is 2.79. The number of amides is 1. The van der Waals surface area contributed by atoms with Gasteiger partial charge in [-0.25, -0.2) is 0 Å². The Morgan fingerprint density at radius 1 is 1.44 bits per heavy atom. The summed E-state index contributed by atoms with van der Waals surface area (Å²) in [5, 5.41) is 3.05. The van der Waals surface area contributed by atoms with Crippen LogP contribution in [0.3, 0.4) is 0 Å². The molecule has 0 fully saturated rings. The van der Waals surface area contributed by atoms with E-state index in [4.69, 9.17) is 4.74 Å². The van der Waals surface area contributed by atoms with Gasteiger partial charge in [-0.05, 0) is 25.5 Å². The van der Waals surface area contributed by atoms with Gasteiger partial charge in [0, 0.05) is 40.0 Å². The third-order valence-electron chi connectivity index (χ3n) is 2.86. The summed E-state index contributed by atoms with van der Waals surface area (Å²) in [6, 6.07) is 5.85. The van der Waals surface area contributed by atoms with E-state index >= 15 is 0 Å². The lowest BCUT2D eigenvalue weighted by atomic mass is 10.1. The van der Waals surface area contributed by atoms with Gasteiger partial charge in [0.25, 0.3) is 5.91 Å². The minimum Gasteiger partial charge on any atom is -0.387 e. The van der Waals surface area contributed by atoms with Gasteiger partial charge in [0.2, 0.25) is 0 Å². The molecule has 18 heavy (non-hydrogen) atoms. The third kappa shape index (κ3) is 3.74. The van der Waals surface area contributed by atoms with Crippen molar-refractivity contribution >= 4 is 11.6 Å². The molecule has 0 aliphatic heterocycles. The van der Waals surface area contributed by atoms with Gasteiger partial charge in [0.1, 0.15) is 0 Å². The molecule has 0 atom stereocenters. The highest BCUT2D eigenvalue weighted by atomic mass is 16.5. The highest BCUT2D eigenvalue weighted by Crippen LogP contribution is 2.18. The van der Waals surface area contributed by atoms with Crippen LogP contribution in [0.4, 0.5) is 5.69 Å². The minimum absolute atomic E-state index is 0.0409. The van der Waals surface area contributed by atoms with Gasteiger partial charge in [-0.3, -0.25) is 4.79 Å². The van der Waals surface area contributed by atoms with Crippen LogP contribution in [0.1, 0.15) is 22.3 Å². The number of ether oxygens (including phenoxy) is 1. The molecule has 1 N–H and O–H groups in total. The number of hydrogen-bond donors (Lipinski definition) is 1. The summed E-state index contributed by atoms with van der Waals surface area (Å²) >= 11 is 0. The zero-order valence-corrected chi connectivity index (χ0v) is 11.6. The fourth-order valence-corrected chi connectivity index (χ4v) is 1.81. The molecule has 0 aliphatic rings. The van der Waals surface area contributed by atoms with E-state index in [1.165, 1.54) is 0 Å². The van der Waals surface area contributed by atoms with E-state index in [9.17, 15) is 4.79 Å². The first-order chi connectivity index (χ1) is 8.60. The van der Waals surface area contributed by atoms with Crippen molar-refractivity contribution in [2.75, 3.05) is 39.7 Å². The lowest BCUT2D eigenvalue weighted by molar-refractivity contribution is 0.0780. The normalized spacial score (nSPS) is 10.2. The summed E-state index contributed by atoms with van der Waals surface area (Å²) in [5.41, 5.74) is 2.67. The first kappa shape index (κ1) is 14.5. The fraction of sp³-hybridized carbons (Fsp3) is 0.500. The summed E-state index contributed by atoms with van der Waals surface area (Å²) in [6.07, 6.45) is 0.847. The Hall–Kier alpha value is -1.55. The maximum absolute atomic E-state index is 12.3. The standard InChI is InChI=1S/C14H22N2O2/c1-11-6-7-13(15-2)12(10-11)14(17)16(3)8-5-9-18-4/h6-7,10,15H,5,8-9H2,1-4H3. The average Bonchev–Trinajstić information content (AvgIpc) is 2.38. The molecule has 1 rings (SSSR count). The summed E-state index contributed by atoms with van der Waals surface area (Å²) in [5.74, 6) is 0.0409.